The molecule has 0 aromatic rings. The molecule has 6 nitrogen and oxygen atoms in total. The predicted molar refractivity (Wildman–Crippen MR) is 70.5 cm³/mol. The van der Waals surface area contributed by atoms with Gasteiger partial charge in [0.15, 0.2) is 9.84 Å². The lowest BCUT2D eigenvalue weighted by molar-refractivity contribution is -0.140. The Labute approximate surface area is 113 Å². The van der Waals surface area contributed by atoms with E-state index >= 15 is 0 Å². The molecule has 1 rings (SSSR count). The second-order valence-corrected chi connectivity index (χ2v) is 7.14. The number of hydrogen-bond donors (Lipinski definition) is 1. The Bertz CT molecular complexity index is 431. The highest BCUT2D eigenvalue weighted by Crippen LogP contribution is 2.17. The van der Waals surface area contributed by atoms with Crippen LogP contribution >= 0.6 is 0 Å². The van der Waals surface area contributed by atoms with E-state index in [2.05, 4.69) is 0 Å². The van der Waals surface area contributed by atoms with Crippen molar-refractivity contribution in [3.63, 3.8) is 0 Å². The van der Waals surface area contributed by atoms with Gasteiger partial charge in [-0.25, -0.2) is 8.42 Å². The van der Waals surface area contributed by atoms with Gasteiger partial charge in [-0.3, -0.25) is 9.59 Å². The van der Waals surface area contributed by atoms with Gasteiger partial charge in [0, 0.05) is 13.0 Å². The number of sulfone groups is 1. The topological polar surface area (TPSA) is 91.8 Å². The van der Waals surface area contributed by atoms with Crippen molar-refractivity contribution >= 4 is 21.7 Å². The maximum atomic E-state index is 12.0. The first-order chi connectivity index (χ1) is 8.85. The SMILES string of the molecule is CCCCCC(=O)N1CCS(=O)(=O)CC1CC(=O)O. The van der Waals surface area contributed by atoms with E-state index in [1.807, 2.05) is 6.92 Å². The van der Waals surface area contributed by atoms with Gasteiger partial charge in [-0.2, -0.15) is 0 Å². The molecule has 1 atom stereocenters. The zero-order valence-corrected chi connectivity index (χ0v) is 12.0. The molecular weight excluding hydrogens is 270 g/mol. The molecule has 0 aromatic carbocycles. The van der Waals surface area contributed by atoms with Crippen molar-refractivity contribution in [3.05, 3.63) is 0 Å². The standard InChI is InChI=1S/C12H21NO5S/c1-2-3-4-5-11(14)13-6-7-19(17,18)9-10(13)8-12(15)16/h10H,2-9H2,1H3,(H,15,16). The quantitative estimate of drug-likeness (QED) is 0.726. The fourth-order valence-corrected chi connectivity index (χ4v) is 3.78. The molecule has 0 spiro atoms. The highest BCUT2D eigenvalue weighted by molar-refractivity contribution is 7.91. The van der Waals surface area contributed by atoms with Crippen LogP contribution in [-0.2, 0) is 19.4 Å². The summed E-state index contributed by atoms with van der Waals surface area (Å²) in [7, 11) is -3.23. The summed E-state index contributed by atoms with van der Waals surface area (Å²) in [6.45, 7) is 2.15. The van der Waals surface area contributed by atoms with E-state index in [0.29, 0.717) is 6.42 Å². The first-order valence-corrected chi connectivity index (χ1v) is 8.39. The van der Waals surface area contributed by atoms with E-state index < -0.39 is 21.8 Å². The Balaban J connectivity index is 2.67. The van der Waals surface area contributed by atoms with Gasteiger partial charge in [0.2, 0.25) is 5.91 Å². The van der Waals surface area contributed by atoms with Crippen LogP contribution in [-0.4, -0.2) is 54.4 Å². The largest absolute Gasteiger partial charge is 0.481 e. The van der Waals surface area contributed by atoms with E-state index in [4.69, 9.17) is 5.11 Å². The molecule has 1 N–H and O–H groups in total. The minimum Gasteiger partial charge on any atom is -0.481 e. The number of carboxylic acids is 1. The summed E-state index contributed by atoms with van der Waals surface area (Å²) >= 11 is 0. The second kappa shape index (κ2) is 6.88. The Kier molecular flexibility index (Phi) is 5.78. The molecule has 1 fully saturated rings. The molecule has 1 heterocycles. The molecule has 1 unspecified atom stereocenters. The van der Waals surface area contributed by atoms with Crippen molar-refractivity contribution in [2.24, 2.45) is 0 Å². The fraction of sp³-hybridized carbons (Fsp3) is 0.833. The zero-order valence-electron chi connectivity index (χ0n) is 11.2. The summed E-state index contributed by atoms with van der Waals surface area (Å²) in [4.78, 5) is 24.2. The second-order valence-electron chi connectivity index (χ2n) is 4.91. The molecule has 0 aromatic heterocycles. The van der Waals surface area contributed by atoms with Gasteiger partial charge in [0.25, 0.3) is 0 Å². The molecule has 1 amide bonds. The van der Waals surface area contributed by atoms with Crippen molar-refractivity contribution < 1.29 is 23.1 Å². The number of rotatable bonds is 6. The number of amides is 1. The lowest BCUT2D eigenvalue weighted by atomic mass is 10.1. The monoisotopic (exact) mass is 291 g/mol. The van der Waals surface area contributed by atoms with Gasteiger partial charge in [-0.05, 0) is 6.42 Å². The molecule has 0 saturated carbocycles. The van der Waals surface area contributed by atoms with Crippen molar-refractivity contribution in [2.75, 3.05) is 18.1 Å². The van der Waals surface area contributed by atoms with Crippen LogP contribution in [0.4, 0.5) is 0 Å². The Hall–Kier alpha value is -1.11. The summed E-state index contributed by atoms with van der Waals surface area (Å²) in [5, 5.41) is 8.82. The van der Waals surface area contributed by atoms with Gasteiger partial charge in [0.05, 0.1) is 24.0 Å². The molecule has 0 radical (unpaired) electrons. The number of nitrogens with zero attached hydrogens (tertiary/aromatic N) is 1. The highest BCUT2D eigenvalue weighted by Gasteiger charge is 2.34. The van der Waals surface area contributed by atoms with Crippen LogP contribution in [0.15, 0.2) is 0 Å². The molecule has 0 bridgehead atoms. The maximum Gasteiger partial charge on any atom is 0.305 e. The van der Waals surface area contributed by atoms with E-state index in [0.717, 1.165) is 19.3 Å². The van der Waals surface area contributed by atoms with Crippen LogP contribution in [0.25, 0.3) is 0 Å². The molecule has 0 aliphatic carbocycles. The smallest absolute Gasteiger partial charge is 0.305 e. The number of carbonyl (C=O) groups is 2. The van der Waals surface area contributed by atoms with Crippen molar-refractivity contribution in [1.82, 2.24) is 4.90 Å². The highest BCUT2D eigenvalue weighted by atomic mass is 32.2. The van der Waals surface area contributed by atoms with Crippen LogP contribution in [0.3, 0.4) is 0 Å². The van der Waals surface area contributed by atoms with Crippen LogP contribution in [0.5, 0.6) is 0 Å². The lowest BCUT2D eigenvalue weighted by Crippen LogP contribution is -2.51. The van der Waals surface area contributed by atoms with E-state index in [1.165, 1.54) is 4.90 Å². The third-order valence-corrected chi connectivity index (χ3v) is 4.95. The normalized spacial score (nSPS) is 22.2. The van der Waals surface area contributed by atoms with Crippen molar-refractivity contribution in [3.8, 4) is 0 Å². The van der Waals surface area contributed by atoms with Crippen molar-refractivity contribution in [1.29, 1.82) is 0 Å². The molecule has 1 aliphatic rings. The summed E-state index contributed by atoms with van der Waals surface area (Å²) in [6.07, 6.45) is 2.77. The van der Waals surface area contributed by atoms with Gasteiger partial charge < -0.3 is 10.0 Å². The Morgan fingerprint density at radius 3 is 2.58 bits per heavy atom. The van der Waals surface area contributed by atoms with Gasteiger partial charge in [-0.15, -0.1) is 0 Å². The average Bonchev–Trinajstić information content (AvgIpc) is 2.27. The number of carboxylic acid groups (broad SMARTS) is 1. The zero-order chi connectivity index (χ0) is 14.5. The number of unbranched alkanes of at least 4 members (excludes halogenated alkanes) is 2. The molecular formula is C12H21NO5S. The first kappa shape index (κ1) is 15.9. The third-order valence-electron chi connectivity index (χ3n) is 3.26. The van der Waals surface area contributed by atoms with Crippen LogP contribution in [0.1, 0.15) is 39.0 Å². The number of hydrogen-bond acceptors (Lipinski definition) is 4. The van der Waals surface area contributed by atoms with E-state index in [9.17, 15) is 18.0 Å². The van der Waals surface area contributed by atoms with Gasteiger partial charge in [-0.1, -0.05) is 19.8 Å². The summed E-state index contributed by atoms with van der Waals surface area (Å²) in [5.41, 5.74) is 0. The predicted octanol–water partition coefficient (Wildman–Crippen LogP) is 0.667. The third kappa shape index (κ3) is 5.18. The first-order valence-electron chi connectivity index (χ1n) is 6.57. The minimum absolute atomic E-state index is 0.0668. The summed E-state index contributed by atoms with van der Waals surface area (Å²) < 4.78 is 23.1. The maximum absolute atomic E-state index is 12.0. The number of carbonyl (C=O) groups excluding carboxylic acids is 1. The number of aliphatic carboxylic acids is 1. The van der Waals surface area contributed by atoms with Gasteiger partial charge >= 0.3 is 5.97 Å². The minimum atomic E-state index is -3.23. The average molecular weight is 291 g/mol. The fourth-order valence-electron chi connectivity index (χ4n) is 2.26. The van der Waals surface area contributed by atoms with Crippen LogP contribution in [0.2, 0.25) is 0 Å². The van der Waals surface area contributed by atoms with Crippen molar-refractivity contribution in [2.45, 2.75) is 45.1 Å². The summed E-state index contributed by atoms with van der Waals surface area (Å²) in [5.74, 6) is -1.51. The molecule has 1 aliphatic heterocycles. The van der Waals surface area contributed by atoms with Crippen LogP contribution < -0.4 is 0 Å². The molecule has 1 saturated heterocycles. The molecule has 19 heavy (non-hydrogen) atoms. The molecule has 7 heteroatoms. The van der Waals surface area contributed by atoms with Gasteiger partial charge in [0.1, 0.15) is 0 Å². The van der Waals surface area contributed by atoms with Crippen LogP contribution in [0, 0.1) is 0 Å². The van der Waals surface area contributed by atoms with E-state index in [1.54, 1.807) is 0 Å². The lowest BCUT2D eigenvalue weighted by Gasteiger charge is -2.34. The Morgan fingerprint density at radius 2 is 2.00 bits per heavy atom. The molecule has 110 valence electrons. The Morgan fingerprint density at radius 1 is 1.32 bits per heavy atom. The summed E-state index contributed by atoms with van der Waals surface area (Å²) in [6, 6.07) is -0.717. The van der Waals surface area contributed by atoms with E-state index in [-0.39, 0.29) is 30.4 Å².